The number of hydrogen-bond donors (Lipinski definition) is 2. The molecule has 4 nitrogen and oxygen atoms in total. The van der Waals surface area contributed by atoms with E-state index in [0.29, 0.717) is 12.5 Å². The summed E-state index contributed by atoms with van der Waals surface area (Å²) in [5.74, 6) is 0.465. The van der Waals surface area contributed by atoms with Gasteiger partial charge in [0.2, 0.25) is 0 Å². The molecule has 3 N–H and O–H groups in total. The van der Waals surface area contributed by atoms with Gasteiger partial charge < -0.3 is 15.6 Å². The Bertz CT molecular complexity index is 603. The van der Waals surface area contributed by atoms with Crippen LogP contribution in [-0.4, -0.2) is 10.5 Å². The van der Waals surface area contributed by atoms with Gasteiger partial charge in [-0.1, -0.05) is 32.0 Å². The molecule has 0 aliphatic heterocycles. The van der Waals surface area contributed by atoms with Gasteiger partial charge in [-0.05, 0) is 36.1 Å². The Labute approximate surface area is 126 Å². The van der Waals surface area contributed by atoms with Crippen LogP contribution in [0.15, 0.2) is 41.5 Å². The van der Waals surface area contributed by atoms with Gasteiger partial charge in [-0.3, -0.25) is 0 Å². The molecule has 0 saturated heterocycles. The zero-order valence-corrected chi connectivity index (χ0v) is 13.1. The molecule has 0 bridgehead atoms. The third-order valence-electron chi connectivity index (χ3n) is 3.71. The SMILES string of the molecule is CCc1cccc(CC)c1NC(N)=NCc1cccn1C. The lowest BCUT2D eigenvalue weighted by Gasteiger charge is -2.14. The third-order valence-corrected chi connectivity index (χ3v) is 3.71. The second-order valence-corrected chi connectivity index (χ2v) is 5.10. The molecule has 0 aliphatic rings. The van der Waals surface area contributed by atoms with Crippen molar-refractivity contribution < 1.29 is 0 Å². The van der Waals surface area contributed by atoms with E-state index in [4.69, 9.17) is 5.73 Å². The molecular weight excluding hydrogens is 260 g/mol. The van der Waals surface area contributed by atoms with Gasteiger partial charge >= 0.3 is 0 Å². The van der Waals surface area contributed by atoms with Gasteiger partial charge in [0.25, 0.3) is 0 Å². The highest BCUT2D eigenvalue weighted by atomic mass is 15.1. The first kappa shape index (κ1) is 15.2. The van der Waals surface area contributed by atoms with E-state index in [2.05, 4.69) is 42.4 Å². The number of rotatable bonds is 5. The zero-order valence-electron chi connectivity index (χ0n) is 13.1. The lowest BCUT2D eigenvalue weighted by Crippen LogP contribution is -2.24. The normalized spacial score (nSPS) is 11.7. The van der Waals surface area contributed by atoms with Crippen LogP contribution < -0.4 is 11.1 Å². The van der Waals surface area contributed by atoms with Crippen LogP contribution in [-0.2, 0) is 26.4 Å². The van der Waals surface area contributed by atoms with E-state index in [1.54, 1.807) is 0 Å². The summed E-state index contributed by atoms with van der Waals surface area (Å²) in [7, 11) is 2.01. The van der Waals surface area contributed by atoms with E-state index in [9.17, 15) is 0 Å². The molecule has 4 heteroatoms. The number of guanidine groups is 1. The highest BCUT2D eigenvalue weighted by Crippen LogP contribution is 2.22. The summed E-state index contributed by atoms with van der Waals surface area (Å²) in [6, 6.07) is 10.4. The number of aliphatic imine (C=N–C) groups is 1. The lowest BCUT2D eigenvalue weighted by molar-refractivity contribution is 0.824. The van der Waals surface area contributed by atoms with E-state index >= 15 is 0 Å². The Balaban J connectivity index is 2.15. The molecule has 0 atom stereocenters. The van der Waals surface area contributed by atoms with Crippen molar-refractivity contribution in [3.63, 3.8) is 0 Å². The summed E-state index contributed by atoms with van der Waals surface area (Å²) in [5, 5.41) is 3.28. The lowest BCUT2D eigenvalue weighted by atomic mass is 10.0. The molecule has 1 heterocycles. The summed E-state index contributed by atoms with van der Waals surface area (Å²) in [5.41, 5.74) is 10.8. The average Bonchev–Trinajstić information content (AvgIpc) is 2.90. The van der Waals surface area contributed by atoms with Crippen LogP contribution >= 0.6 is 0 Å². The van der Waals surface area contributed by atoms with Gasteiger partial charge in [0.15, 0.2) is 5.96 Å². The predicted octanol–water partition coefficient (Wildman–Crippen LogP) is 3.08. The molecule has 0 saturated carbocycles. The average molecular weight is 284 g/mol. The fourth-order valence-electron chi connectivity index (χ4n) is 2.40. The molecule has 1 aromatic carbocycles. The van der Waals surface area contributed by atoms with E-state index in [-0.39, 0.29) is 0 Å². The molecule has 0 spiro atoms. The predicted molar refractivity (Wildman–Crippen MR) is 89.6 cm³/mol. The fraction of sp³-hybridized carbons (Fsp3) is 0.353. The highest BCUT2D eigenvalue weighted by Gasteiger charge is 2.07. The highest BCUT2D eigenvalue weighted by molar-refractivity contribution is 5.93. The second-order valence-electron chi connectivity index (χ2n) is 5.10. The largest absolute Gasteiger partial charge is 0.370 e. The van der Waals surface area contributed by atoms with E-state index in [1.807, 2.05) is 29.9 Å². The van der Waals surface area contributed by atoms with Crippen LogP contribution in [0.3, 0.4) is 0 Å². The number of benzene rings is 1. The zero-order chi connectivity index (χ0) is 15.2. The van der Waals surface area contributed by atoms with E-state index < -0.39 is 0 Å². The first-order chi connectivity index (χ1) is 10.2. The number of aryl methyl sites for hydroxylation is 3. The second kappa shape index (κ2) is 6.97. The molecule has 0 radical (unpaired) electrons. The van der Waals surface area contributed by atoms with Crippen molar-refractivity contribution in [2.24, 2.45) is 17.8 Å². The smallest absolute Gasteiger partial charge is 0.193 e. The molecule has 0 fully saturated rings. The van der Waals surface area contributed by atoms with E-state index in [1.165, 1.54) is 11.1 Å². The van der Waals surface area contributed by atoms with Crippen molar-refractivity contribution in [2.75, 3.05) is 5.32 Å². The number of anilines is 1. The van der Waals surface area contributed by atoms with Gasteiger partial charge in [-0.25, -0.2) is 4.99 Å². The minimum absolute atomic E-state index is 0.465. The van der Waals surface area contributed by atoms with Crippen molar-refractivity contribution in [1.29, 1.82) is 0 Å². The standard InChI is InChI=1S/C17H24N4/c1-4-13-8-6-9-14(5-2)16(13)20-17(18)19-12-15-10-7-11-21(15)3/h6-11H,4-5,12H2,1-3H3,(H3,18,19,20). The molecule has 112 valence electrons. The topological polar surface area (TPSA) is 55.3 Å². The maximum absolute atomic E-state index is 6.05. The minimum Gasteiger partial charge on any atom is -0.370 e. The third kappa shape index (κ3) is 3.66. The van der Waals surface area contributed by atoms with E-state index in [0.717, 1.165) is 24.2 Å². The van der Waals surface area contributed by atoms with Crippen molar-refractivity contribution in [2.45, 2.75) is 33.2 Å². The number of para-hydroxylation sites is 1. The van der Waals surface area contributed by atoms with Gasteiger partial charge in [0, 0.05) is 24.6 Å². The molecular formula is C17H24N4. The van der Waals surface area contributed by atoms with Gasteiger partial charge in [-0.2, -0.15) is 0 Å². The summed E-state index contributed by atoms with van der Waals surface area (Å²) in [4.78, 5) is 4.44. The maximum atomic E-state index is 6.05. The number of nitrogens with two attached hydrogens (primary N) is 1. The van der Waals surface area contributed by atoms with Gasteiger partial charge in [0.05, 0.1) is 6.54 Å². The number of nitrogens with one attached hydrogen (secondary N) is 1. The summed E-state index contributed by atoms with van der Waals surface area (Å²) >= 11 is 0. The number of hydrogen-bond acceptors (Lipinski definition) is 1. The first-order valence-electron chi connectivity index (χ1n) is 7.43. The van der Waals surface area contributed by atoms with Crippen LogP contribution in [0.25, 0.3) is 0 Å². The summed E-state index contributed by atoms with van der Waals surface area (Å²) < 4.78 is 2.05. The van der Waals surface area contributed by atoms with Crippen LogP contribution in [0, 0.1) is 0 Å². The Morgan fingerprint density at radius 2 is 1.81 bits per heavy atom. The molecule has 1 aromatic heterocycles. The molecule has 21 heavy (non-hydrogen) atoms. The van der Waals surface area contributed by atoms with Crippen LogP contribution in [0.2, 0.25) is 0 Å². The first-order valence-corrected chi connectivity index (χ1v) is 7.43. The molecule has 2 aromatic rings. The Hall–Kier alpha value is -2.23. The molecule has 2 rings (SSSR count). The Morgan fingerprint density at radius 1 is 1.14 bits per heavy atom. The van der Waals surface area contributed by atoms with Crippen LogP contribution in [0.1, 0.15) is 30.7 Å². The van der Waals surface area contributed by atoms with Gasteiger partial charge in [-0.15, -0.1) is 0 Å². The van der Waals surface area contributed by atoms with Crippen molar-refractivity contribution in [1.82, 2.24) is 4.57 Å². The molecule has 0 unspecified atom stereocenters. The number of nitrogens with zero attached hydrogens (tertiary/aromatic N) is 2. The van der Waals surface area contributed by atoms with Crippen LogP contribution in [0.4, 0.5) is 5.69 Å². The minimum atomic E-state index is 0.465. The van der Waals surface area contributed by atoms with Crippen molar-refractivity contribution in [3.8, 4) is 0 Å². The Kier molecular flexibility index (Phi) is 5.04. The fourth-order valence-corrected chi connectivity index (χ4v) is 2.40. The Morgan fingerprint density at radius 3 is 2.33 bits per heavy atom. The summed E-state index contributed by atoms with van der Waals surface area (Å²) in [6.45, 7) is 4.88. The molecule has 0 amide bonds. The van der Waals surface area contributed by atoms with Crippen molar-refractivity contribution >= 4 is 11.6 Å². The quantitative estimate of drug-likeness (QED) is 0.655. The monoisotopic (exact) mass is 284 g/mol. The van der Waals surface area contributed by atoms with Crippen LogP contribution in [0.5, 0.6) is 0 Å². The summed E-state index contributed by atoms with van der Waals surface area (Å²) in [6.07, 6.45) is 3.96. The van der Waals surface area contributed by atoms with Gasteiger partial charge in [0.1, 0.15) is 0 Å². The maximum Gasteiger partial charge on any atom is 0.193 e. The molecule has 0 aliphatic carbocycles. The number of aromatic nitrogens is 1. The van der Waals surface area contributed by atoms with Crippen molar-refractivity contribution in [3.05, 3.63) is 53.3 Å².